The maximum Gasteiger partial charge on any atom is 0.499 e. The van der Waals surface area contributed by atoms with Crippen molar-refractivity contribution in [2.24, 2.45) is 4.99 Å². The standard InChI is InChI=1S/C12H18FN3.C9H7F5O/c1-3-4-7-16-12(15-2)9-5-6-11(14)10(13)8-9;1-6-2-4-7(5-3-6)15-9(13,14)8(10,11)12/h5-8,12,15H,3-4,14H2,1-2H3;2-5H,1H3/b16-7-;. The van der Waals surface area contributed by atoms with Crippen LogP contribution in [0.4, 0.5) is 32.0 Å². The Hall–Kier alpha value is -2.75. The Balaban J connectivity index is 0.000000311. The van der Waals surface area contributed by atoms with Crippen LogP contribution in [0.5, 0.6) is 5.75 Å². The van der Waals surface area contributed by atoms with Crippen molar-refractivity contribution < 1.29 is 31.1 Å². The monoisotopic (exact) mass is 449 g/mol. The van der Waals surface area contributed by atoms with E-state index in [1.807, 2.05) is 6.21 Å². The van der Waals surface area contributed by atoms with Gasteiger partial charge in [0, 0.05) is 6.21 Å². The number of aryl methyl sites for hydroxylation is 1. The van der Waals surface area contributed by atoms with E-state index in [-0.39, 0.29) is 11.9 Å². The molecule has 0 heterocycles. The molecule has 2 aromatic rings. The molecule has 1 atom stereocenters. The summed E-state index contributed by atoms with van der Waals surface area (Å²) in [5.74, 6) is -0.925. The first-order chi connectivity index (χ1) is 14.4. The van der Waals surface area contributed by atoms with Crippen molar-refractivity contribution in [3.8, 4) is 5.75 Å². The van der Waals surface area contributed by atoms with E-state index in [1.165, 1.54) is 18.2 Å². The van der Waals surface area contributed by atoms with E-state index in [2.05, 4.69) is 22.0 Å². The smallest absolute Gasteiger partial charge is 0.426 e. The topological polar surface area (TPSA) is 59.6 Å². The van der Waals surface area contributed by atoms with E-state index in [0.717, 1.165) is 36.1 Å². The average Bonchev–Trinajstić information content (AvgIpc) is 2.69. The molecule has 31 heavy (non-hydrogen) atoms. The van der Waals surface area contributed by atoms with Crippen LogP contribution in [0.25, 0.3) is 0 Å². The molecule has 172 valence electrons. The van der Waals surface area contributed by atoms with Crippen LogP contribution in [0.2, 0.25) is 0 Å². The Bertz CT molecular complexity index is 838. The van der Waals surface area contributed by atoms with Gasteiger partial charge in [-0.2, -0.15) is 22.0 Å². The predicted octanol–water partition coefficient (Wildman–Crippen LogP) is 6.03. The third-order valence-electron chi connectivity index (χ3n) is 3.88. The molecule has 0 saturated carbocycles. The number of nitrogens with two attached hydrogens (primary N) is 1. The van der Waals surface area contributed by atoms with Gasteiger partial charge in [0.2, 0.25) is 0 Å². The maximum atomic E-state index is 13.3. The van der Waals surface area contributed by atoms with E-state index >= 15 is 0 Å². The number of aliphatic imine (C=N–C) groups is 1. The van der Waals surface area contributed by atoms with Crippen LogP contribution in [0, 0.1) is 12.7 Å². The Morgan fingerprint density at radius 1 is 1.10 bits per heavy atom. The number of unbranched alkanes of at least 4 members (excludes halogenated alkanes) is 1. The third-order valence-corrected chi connectivity index (χ3v) is 3.88. The molecule has 0 bridgehead atoms. The van der Waals surface area contributed by atoms with E-state index in [9.17, 15) is 26.3 Å². The van der Waals surface area contributed by atoms with Crippen molar-refractivity contribution in [2.45, 2.75) is 45.1 Å². The summed E-state index contributed by atoms with van der Waals surface area (Å²) in [6.45, 7) is 3.76. The molecule has 4 nitrogen and oxygen atoms in total. The lowest BCUT2D eigenvalue weighted by molar-refractivity contribution is -0.360. The fourth-order valence-electron chi connectivity index (χ4n) is 2.16. The molecule has 2 rings (SSSR count). The zero-order valence-corrected chi connectivity index (χ0v) is 17.3. The van der Waals surface area contributed by atoms with Gasteiger partial charge in [-0.25, -0.2) is 4.39 Å². The van der Waals surface area contributed by atoms with Gasteiger partial charge in [-0.15, -0.1) is 0 Å². The van der Waals surface area contributed by atoms with Crippen LogP contribution < -0.4 is 15.8 Å². The minimum absolute atomic E-state index is 0.163. The molecule has 0 spiro atoms. The Kier molecular flexibility index (Phi) is 9.83. The number of halogens is 6. The number of nitrogen functional groups attached to an aromatic ring is 1. The maximum absolute atomic E-state index is 13.3. The van der Waals surface area contributed by atoms with Crippen LogP contribution in [-0.2, 0) is 0 Å². The molecule has 10 heteroatoms. The number of alkyl halides is 5. The van der Waals surface area contributed by atoms with Crippen LogP contribution in [0.1, 0.15) is 37.1 Å². The number of rotatable bonds is 7. The number of hydrogen-bond acceptors (Lipinski definition) is 4. The van der Waals surface area contributed by atoms with Crippen LogP contribution in [-0.4, -0.2) is 25.5 Å². The summed E-state index contributed by atoms with van der Waals surface area (Å²) in [6, 6.07) is 9.61. The SMILES string of the molecule is CCC/C=N\C(NC)c1ccc(N)c(F)c1.Cc1ccc(OC(F)(F)C(F)(F)F)cc1. The number of nitrogens with zero attached hydrogens (tertiary/aromatic N) is 1. The zero-order chi connectivity index (χ0) is 23.7. The predicted molar refractivity (Wildman–Crippen MR) is 109 cm³/mol. The van der Waals surface area contributed by atoms with Gasteiger partial charge < -0.3 is 10.5 Å². The van der Waals surface area contributed by atoms with Gasteiger partial charge in [-0.05, 0) is 50.2 Å². The number of anilines is 1. The van der Waals surface area contributed by atoms with Crippen LogP contribution in [0.3, 0.4) is 0 Å². The molecule has 1 unspecified atom stereocenters. The molecule has 0 aliphatic heterocycles. The molecule has 0 amide bonds. The molecule has 3 N–H and O–H groups in total. The second-order valence-corrected chi connectivity index (χ2v) is 6.52. The fourth-order valence-corrected chi connectivity index (χ4v) is 2.16. The van der Waals surface area contributed by atoms with Crippen molar-refractivity contribution in [3.05, 3.63) is 59.4 Å². The third kappa shape index (κ3) is 8.49. The average molecular weight is 449 g/mol. The first-order valence-corrected chi connectivity index (χ1v) is 9.35. The number of nitrogens with one attached hydrogen (secondary N) is 1. The minimum Gasteiger partial charge on any atom is -0.426 e. The highest BCUT2D eigenvalue weighted by molar-refractivity contribution is 5.57. The highest BCUT2D eigenvalue weighted by atomic mass is 19.4. The van der Waals surface area contributed by atoms with Gasteiger partial charge in [0.05, 0.1) is 5.69 Å². The van der Waals surface area contributed by atoms with Crippen molar-refractivity contribution in [1.82, 2.24) is 5.32 Å². The molecule has 0 radical (unpaired) electrons. The van der Waals surface area contributed by atoms with E-state index < -0.39 is 23.9 Å². The summed E-state index contributed by atoms with van der Waals surface area (Å²) < 4.78 is 76.7. The second-order valence-electron chi connectivity index (χ2n) is 6.52. The van der Waals surface area contributed by atoms with Crippen LogP contribution in [0.15, 0.2) is 47.5 Å². The lowest BCUT2D eigenvalue weighted by atomic mass is 10.1. The van der Waals surface area contributed by atoms with Gasteiger partial charge in [-0.3, -0.25) is 10.3 Å². The van der Waals surface area contributed by atoms with Crippen molar-refractivity contribution in [3.63, 3.8) is 0 Å². The van der Waals surface area contributed by atoms with Crippen molar-refractivity contribution in [1.29, 1.82) is 0 Å². The largest absolute Gasteiger partial charge is 0.499 e. The van der Waals surface area contributed by atoms with E-state index in [1.54, 1.807) is 26.1 Å². The van der Waals surface area contributed by atoms with Gasteiger partial charge in [-0.1, -0.05) is 37.1 Å². The molecule has 0 fully saturated rings. The van der Waals surface area contributed by atoms with Gasteiger partial charge >= 0.3 is 12.3 Å². The quantitative estimate of drug-likeness (QED) is 0.309. The number of ether oxygens (including phenoxy) is 1. The summed E-state index contributed by atoms with van der Waals surface area (Å²) in [5, 5.41) is 3.02. The van der Waals surface area contributed by atoms with Gasteiger partial charge in [0.15, 0.2) is 0 Å². The summed E-state index contributed by atoms with van der Waals surface area (Å²) in [5.41, 5.74) is 7.09. The lowest BCUT2D eigenvalue weighted by Crippen LogP contribution is -2.41. The normalized spacial score (nSPS) is 12.9. The first kappa shape index (κ1) is 26.3. The number of benzene rings is 2. The van der Waals surface area contributed by atoms with Gasteiger partial charge in [0.25, 0.3) is 0 Å². The summed E-state index contributed by atoms with van der Waals surface area (Å²) in [6.07, 6.45) is -7.25. The van der Waals surface area contributed by atoms with Crippen molar-refractivity contribution in [2.75, 3.05) is 12.8 Å². The Labute approximate surface area is 177 Å². The minimum atomic E-state index is -5.71. The van der Waals surface area contributed by atoms with E-state index in [4.69, 9.17) is 5.73 Å². The molecule has 0 saturated heterocycles. The Morgan fingerprint density at radius 3 is 2.19 bits per heavy atom. The fraction of sp³-hybridized carbons (Fsp3) is 0.381. The molecule has 2 aromatic carbocycles. The molecular formula is C21H25F6N3O. The molecular weight excluding hydrogens is 424 g/mol. The Morgan fingerprint density at radius 2 is 1.71 bits per heavy atom. The summed E-state index contributed by atoms with van der Waals surface area (Å²) in [4.78, 5) is 4.33. The van der Waals surface area contributed by atoms with Crippen molar-refractivity contribution >= 4 is 11.9 Å². The summed E-state index contributed by atoms with van der Waals surface area (Å²) in [7, 11) is 1.79. The zero-order valence-electron chi connectivity index (χ0n) is 17.3. The molecule has 0 aromatic heterocycles. The highest BCUT2D eigenvalue weighted by Gasteiger charge is 2.61. The molecule has 0 aliphatic rings. The second kappa shape index (κ2) is 11.6. The lowest BCUT2D eigenvalue weighted by Gasteiger charge is -2.20. The molecule has 0 aliphatic carbocycles. The first-order valence-electron chi connectivity index (χ1n) is 9.35. The summed E-state index contributed by atoms with van der Waals surface area (Å²) >= 11 is 0. The van der Waals surface area contributed by atoms with Crippen LogP contribution >= 0.6 is 0 Å². The number of hydrogen-bond donors (Lipinski definition) is 2. The highest BCUT2D eigenvalue weighted by Crippen LogP contribution is 2.37. The van der Waals surface area contributed by atoms with E-state index in [0.29, 0.717) is 0 Å². The van der Waals surface area contributed by atoms with Gasteiger partial charge in [0.1, 0.15) is 17.7 Å².